The fraction of sp³-hybridized carbons (Fsp3) is 0.484. The van der Waals surface area contributed by atoms with Gasteiger partial charge in [-0.15, -0.1) is 0 Å². The lowest BCUT2D eigenvalue weighted by Crippen LogP contribution is -2.18. The molecule has 4 rings (SSSR count). The van der Waals surface area contributed by atoms with Gasteiger partial charge in [0.1, 0.15) is 17.3 Å². The van der Waals surface area contributed by atoms with Gasteiger partial charge < -0.3 is 18.6 Å². The predicted molar refractivity (Wildman–Crippen MR) is 158 cm³/mol. The smallest absolute Gasteiger partial charge is 0.341 e. The van der Waals surface area contributed by atoms with Gasteiger partial charge in [0.2, 0.25) is 5.88 Å². The zero-order valence-corrected chi connectivity index (χ0v) is 25.8. The van der Waals surface area contributed by atoms with E-state index in [0.717, 1.165) is 35.4 Å². The van der Waals surface area contributed by atoms with Crippen LogP contribution in [0.2, 0.25) is 0 Å². The Morgan fingerprint density at radius 3 is 2.10 bits per heavy atom. The molecule has 0 atom stereocenters. The summed E-state index contributed by atoms with van der Waals surface area (Å²) in [4.78, 5) is 11.3. The zero-order chi connectivity index (χ0) is 29.4. The summed E-state index contributed by atoms with van der Waals surface area (Å²) in [5.74, 6) is 1.50. The van der Waals surface area contributed by atoms with Crippen LogP contribution in [0.15, 0.2) is 40.9 Å². The van der Waals surface area contributed by atoms with E-state index in [4.69, 9.17) is 13.7 Å². The van der Waals surface area contributed by atoms with E-state index in [9.17, 15) is 8.42 Å². The first kappa shape index (κ1) is 29.6. The van der Waals surface area contributed by atoms with Gasteiger partial charge in [0.05, 0.1) is 18.0 Å². The molecule has 0 saturated carbocycles. The van der Waals surface area contributed by atoms with E-state index >= 15 is 0 Å². The number of aromatic nitrogens is 2. The van der Waals surface area contributed by atoms with E-state index in [1.165, 1.54) is 0 Å². The van der Waals surface area contributed by atoms with E-state index < -0.39 is 10.1 Å². The second-order valence-corrected chi connectivity index (χ2v) is 12.8. The summed E-state index contributed by atoms with van der Waals surface area (Å²) >= 11 is 0. The lowest BCUT2D eigenvalue weighted by atomic mass is 9.89. The third-order valence-electron chi connectivity index (χ3n) is 7.29. The van der Waals surface area contributed by atoms with Crippen LogP contribution in [-0.4, -0.2) is 50.6 Å². The van der Waals surface area contributed by atoms with Crippen LogP contribution in [-0.2, 0) is 10.1 Å². The highest BCUT2D eigenvalue weighted by molar-refractivity contribution is 7.87. The lowest BCUT2D eigenvalue weighted by Gasteiger charge is -2.22. The van der Waals surface area contributed by atoms with Gasteiger partial charge in [-0.2, -0.15) is 13.4 Å². The minimum absolute atomic E-state index is 0.0271. The number of benzene rings is 2. The molecule has 8 nitrogen and oxygen atoms in total. The lowest BCUT2D eigenvalue weighted by molar-refractivity contribution is 0.288. The molecule has 0 fully saturated rings. The molecule has 1 aliphatic heterocycles. The molecule has 2 aromatic carbocycles. The Morgan fingerprint density at radius 2 is 1.57 bits per heavy atom. The molecule has 1 aliphatic rings. The number of ether oxygens (including phenoxy) is 2. The fourth-order valence-electron chi connectivity index (χ4n) is 4.92. The zero-order valence-electron chi connectivity index (χ0n) is 25.0. The van der Waals surface area contributed by atoms with E-state index in [1.807, 2.05) is 46.9 Å². The molecule has 9 heteroatoms. The van der Waals surface area contributed by atoms with Crippen LogP contribution in [0.25, 0.3) is 10.9 Å². The monoisotopic (exact) mass is 567 g/mol. The number of likely N-dealkylation sites (N-methyl/N-ethyl adjacent to an activating group) is 1. The molecule has 1 aromatic heterocycles. The van der Waals surface area contributed by atoms with Crippen LogP contribution in [0, 0.1) is 6.92 Å². The van der Waals surface area contributed by atoms with Crippen LogP contribution in [0.5, 0.6) is 17.4 Å². The third kappa shape index (κ3) is 6.04. The number of hydrogen-bond acceptors (Lipinski definition) is 8. The third-order valence-corrected chi connectivity index (χ3v) is 8.64. The Labute approximate surface area is 238 Å². The largest absolute Gasteiger partial charge is 0.493 e. The van der Waals surface area contributed by atoms with Crippen molar-refractivity contribution in [2.24, 2.45) is 0 Å². The highest BCUT2D eigenvalue weighted by Crippen LogP contribution is 2.39. The summed E-state index contributed by atoms with van der Waals surface area (Å²) in [5, 5.41) is 0.426. The number of fused-ring (bicyclic) bond motifs is 1. The van der Waals surface area contributed by atoms with E-state index in [-0.39, 0.29) is 28.5 Å². The number of hydrogen-bond donors (Lipinski definition) is 0. The standard InChI is InChI=1S/C31H41N3O5S/c1-18(2)22-13-24(19(3)4)30(25(14-22)20(5)6)40(35,36)39-31-26-15-29(38-17-23-11-10-12-34(23)8)28(37-9)16-27(26)32-21(7)33-31/h11,13-16,18-20H,10,12,17H2,1-9H3. The van der Waals surface area contributed by atoms with Crippen LogP contribution in [0.3, 0.4) is 0 Å². The highest BCUT2D eigenvalue weighted by atomic mass is 32.2. The molecule has 216 valence electrons. The van der Waals surface area contributed by atoms with E-state index in [1.54, 1.807) is 26.2 Å². The van der Waals surface area contributed by atoms with Gasteiger partial charge in [0, 0.05) is 25.4 Å². The van der Waals surface area contributed by atoms with Crippen molar-refractivity contribution in [3.05, 3.63) is 58.6 Å². The molecule has 40 heavy (non-hydrogen) atoms. The normalized spacial score (nSPS) is 14.0. The molecule has 3 aromatic rings. The van der Waals surface area contributed by atoms with Crippen molar-refractivity contribution >= 4 is 21.0 Å². The van der Waals surface area contributed by atoms with E-state index in [2.05, 4.69) is 34.8 Å². The van der Waals surface area contributed by atoms with Crippen molar-refractivity contribution < 1.29 is 22.1 Å². The number of nitrogens with zero attached hydrogens (tertiary/aromatic N) is 3. The average Bonchev–Trinajstić information content (AvgIpc) is 3.30. The van der Waals surface area contributed by atoms with Crippen LogP contribution >= 0.6 is 0 Å². The minimum atomic E-state index is -4.25. The molecule has 0 bridgehead atoms. The second-order valence-electron chi connectivity index (χ2n) is 11.3. The minimum Gasteiger partial charge on any atom is -0.493 e. The van der Waals surface area contributed by atoms with Gasteiger partial charge in [-0.25, -0.2) is 4.98 Å². The van der Waals surface area contributed by atoms with Crippen LogP contribution in [0.4, 0.5) is 0 Å². The molecule has 0 aliphatic carbocycles. The van der Waals surface area contributed by atoms with Crippen molar-refractivity contribution in [1.29, 1.82) is 0 Å². The number of rotatable bonds is 10. The SMILES string of the molecule is COc1cc2nc(C)nc(OS(=O)(=O)c3c(C(C)C)cc(C(C)C)cc3C(C)C)c2cc1OCC1=CCCN1C. The van der Waals surface area contributed by atoms with Gasteiger partial charge in [-0.1, -0.05) is 59.8 Å². The molecular formula is C31H41N3O5S. The van der Waals surface area contributed by atoms with Gasteiger partial charge in [-0.3, -0.25) is 0 Å². The molecule has 0 radical (unpaired) electrons. The maximum absolute atomic E-state index is 14.1. The van der Waals surface area contributed by atoms with Crippen molar-refractivity contribution in [2.75, 3.05) is 27.3 Å². The Balaban J connectivity index is 1.83. The first-order valence-electron chi connectivity index (χ1n) is 13.8. The molecule has 2 heterocycles. The Bertz CT molecular complexity index is 1520. The number of aryl methyl sites for hydroxylation is 1. The Kier molecular flexibility index (Phi) is 8.63. The quantitative estimate of drug-likeness (QED) is 0.251. The maximum atomic E-state index is 14.1. The summed E-state index contributed by atoms with van der Waals surface area (Å²) in [5.41, 5.74) is 4.16. The Morgan fingerprint density at radius 1 is 0.925 bits per heavy atom. The number of methoxy groups -OCH3 is 1. The van der Waals surface area contributed by atoms with E-state index in [0.29, 0.717) is 34.8 Å². The average molecular weight is 568 g/mol. The summed E-state index contributed by atoms with van der Waals surface area (Å²) in [6.45, 7) is 15.2. The first-order valence-corrected chi connectivity index (χ1v) is 15.2. The van der Waals surface area contributed by atoms with Crippen molar-refractivity contribution in [3.63, 3.8) is 0 Å². The molecule has 0 unspecified atom stereocenters. The topological polar surface area (TPSA) is 90.9 Å². The maximum Gasteiger partial charge on any atom is 0.341 e. The molecular weight excluding hydrogens is 526 g/mol. The summed E-state index contributed by atoms with van der Waals surface area (Å²) in [6.07, 6.45) is 3.12. The summed E-state index contributed by atoms with van der Waals surface area (Å²) in [7, 11) is -0.667. The predicted octanol–water partition coefficient (Wildman–Crippen LogP) is 6.68. The molecule has 0 N–H and O–H groups in total. The van der Waals surface area contributed by atoms with Crippen LogP contribution in [0.1, 0.15) is 88.2 Å². The van der Waals surface area contributed by atoms with Crippen molar-refractivity contribution in [3.8, 4) is 17.4 Å². The van der Waals surface area contributed by atoms with Gasteiger partial charge in [0.25, 0.3) is 0 Å². The molecule has 0 spiro atoms. The van der Waals surface area contributed by atoms with Gasteiger partial charge >= 0.3 is 10.1 Å². The van der Waals surface area contributed by atoms with Crippen molar-refractivity contribution in [1.82, 2.24) is 14.9 Å². The Hall–Kier alpha value is -3.33. The fourth-order valence-corrected chi connectivity index (χ4v) is 6.51. The van der Waals surface area contributed by atoms with Crippen LogP contribution < -0.4 is 13.7 Å². The van der Waals surface area contributed by atoms with Crippen molar-refractivity contribution in [2.45, 2.75) is 77.5 Å². The molecule has 0 amide bonds. The summed E-state index contributed by atoms with van der Waals surface area (Å²) in [6, 6.07) is 7.41. The first-order chi connectivity index (χ1) is 18.8. The summed E-state index contributed by atoms with van der Waals surface area (Å²) < 4.78 is 45.8. The second kappa shape index (κ2) is 11.6. The highest BCUT2D eigenvalue weighted by Gasteiger charge is 2.30. The molecule has 0 saturated heterocycles. The van der Waals surface area contributed by atoms with Gasteiger partial charge in [0.15, 0.2) is 11.5 Å². The van der Waals surface area contributed by atoms with Gasteiger partial charge in [-0.05, 0) is 53.9 Å².